The number of rotatable bonds is 3. The van der Waals surface area contributed by atoms with E-state index in [1.807, 2.05) is 20.2 Å². The third-order valence-corrected chi connectivity index (χ3v) is 3.57. The molecule has 0 saturated heterocycles. The zero-order valence-corrected chi connectivity index (χ0v) is 12.1. The Kier molecular flexibility index (Phi) is 4.12. The molecule has 6 heteroatoms. The lowest BCUT2D eigenvalue weighted by atomic mass is 10.2. The minimum absolute atomic E-state index is 0.254. The summed E-state index contributed by atoms with van der Waals surface area (Å²) in [5.74, 6) is -0.254. The fraction of sp³-hybridized carbons (Fsp3) is 0.231. The minimum Gasteiger partial charge on any atom is -0.348 e. The number of halogens is 2. The maximum atomic E-state index is 12.0. The fourth-order valence-electron chi connectivity index (χ4n) is 1.77. The molecule has 0 fully saturated rings. The summed E-state index contributed by atoms with van der Waals surface area (Å²) in [5, 5.41) is 7.65. The van der Waals surface area contributed by atoms with E-state index >= 15 is 0 Å². The Bertz CT molecular complexity index is 622. The van der Waals surface area contributed by atoms with Crippen molar-refractivity contribution in [1.29, 1.82) is 0 Å². The first kappa shape index (κ1) is 13.9. The summed E-state index contributed by atoms with van der Waals surface area (Å²) in [7, 11) is 1.84. The van der Waals surface area contributed by atoms with Crippen LogP contribution in [0.25, 0.3) is 0 Å². The Labute approximate surface area is 121 Å². The number of nitrogens with zero attached hydrogens (tertiary/aromatic N) is 2. The molecule has 1 aromatic carbocycles. The summed E-state index contributed by atoms with van der Waals surface area (Å²) < 4.78 is 1.71. The summed E-state index contributed by atoms with van der Waals surface area (Å²) in [6.07, 6.45) is 1.87. The molecule has 0 aliphatic rings. The highest BCUT2D eigenvalue weighted by molar-refractivity contribution is 6.43. The van der Waals surface area contributed by atoms with Gasteiger partial charge in [-0.15, -0.1) is 0 Å². The zero-order valence-electron chi connectivity index (χ0n) is 10.6. The van der Waals surface area contributed by atoms with Gasteiger partial charge in [-0.2, -0.15) is 5.10 Å². The summed E-state index contributed by atoms with van der Waals surface area (Å²) in [6.45, 7) is 2.30. The first-order valence-corrected chi connectivity index (χ1v) is 6.46. The zero-order chi connectivity index (χ0) is 14.0. The summed E-state index contributed by atoms with van der Waals surface area (Å²) in [5.41, 5.74) is 2.23. The van der Waals surface area contributed by atoms with Gasteiger partial charge in [0.05, 0.1) is 21.3 Å². The van der Waals surface area contributed by atoms with Gasteiger partial charge in [0.2, 0.25) is 0 Å². The van der Waals surface area contributed by atoms with Crippen LogP contribution in [0.5, 0.6) is 0 Å². The van der Waals surface area contributed by atoms with E-state index < -0.39 is 0 Å². The molecule has 0 atom stereocenters. The number of aromatic nitrogens is 2. The van der Waals surface area contributed by atoms with Crippen LogP contribution in [0.4, 0.5) is 0 Å². The van der Waals surface area contributed by atoms with E-state index in [9.17, 15) is 4.79 Å². The molecule has 0 radical (unpaired) electrons. The molecule has 0 unspecified atom stereocenters. The van der Waals surface area contributed by atoms with Crippen molar-refractivity contribution in [3.05, 3.63) is 51.3 Å². The molecule has 19 heavy (non-hydrogen) atoms. The van der Waals surface area contributed by atoms with Crippen LogP contribution < -0.4 is 5.32 Å². The Morgan fingerprint density at radius 2 is 2.16 bits per heavy atom. The summed E-state index contributed by atoms with van der Waals surface area (Å²) >= 11 is 11.9. The van der Waals surface area contributed by atoms with Gasteiger partial charge >= 0.3 is 0 Å². The van der Waals surface area contributed by atoms with Crippen molar-refractivity contribution in [3.63, 3.8) is 0 Å². The van der Waals surface area contributed by atoms with Gasteiger partial charge in [0.15, 0.2) is 0 Å². The van der Waals surface area contributed by atoms with Crippen LogP contribution in [0, 0.1) is 6.92 Å². The lowest BCUT2D eigenvalue weighted by Crippen LogP contribution is -2.23. The molecule has 1 aromatic heterocycles. The Morgan fingerprint density at radius 1 is 1.42 bits per heavy atom. The van der Waals surface area contributed by atoms with Crippen molar-refractivity contribution in [2.24, 2.45) is 7.05 Å². The van der Waals surface area contributed by atoms with E-state index in [0.717, 1.165) is 11.3 Å². The number of aryl methyl sites for hydroxylation is 2. The van der Waals surface area contributed by atoms with Gasteiger partial charge < -0.3 is 5.32 Å². The molecular weight excluding hydrogens is 285 g/mol. The largest absolute Gasteiger partial charge is 0.348 e. The molecule has 100 valence electrons. The first-order chi connectivity index (χ1) is 8.99. The van der Waals surface area contributed by atoms with Gasteiger partial charge in [0, 0.05) is 25.4 Å². The number of carbonyl (C=O) groups is 1. The molecule has 2 rings (SSSR count). The number of carbonyl (C=O) groups excluding carboxylic acids is 1. The summed E-state index contributed by atoms with van der Waals surface area (Å²) in [4.78, 5) is 12.0. The molecule has 0 aliphatic carbocycles. The van der Waals surface area contributed by atoms with Gasteiger partial charge in [-0.3, -0.25) is 9.48 Å². The van der Waals surface area contributed by atoms with Crippen molar-refractivity contribution in [2.75, 3.05) is 0 Å². The SMILES string of the molecule is Cc1nn(C)cc1CNC(=O)c1cccc(Cl)c1Cl. The molecular formula is C13H13Cl2N3O. The van der Waals surface area contributed by atoms with Crippen LogP contribution in [-0.4, -0.2) is 15.7 Å². The highest BCUT2D eigenvalue weighted by Crippen LogP contribution is 2.25. The Balaban J connectivity index is 2.10. The highest BCUT2D eigenvalue weighted by atomic mass is 35.5. The van der Waals surface area contributed by atoms with Crippen molar-refractivity contribution in [3.8, 4) is 0 Å². The molecule has 0 spiro atoms. The number of hydrogen-bond donors (Lipinski definition) is 1. The monoisotopic (exact) mass is 297 g/mol. The van der Waals surface area contributed by atoms with Crippen LogP contribution in [0.2, 0.25) is 10.0 Å². The summed E-state index contributed by atoms with van der Waals surface area (Å²) in [6, 6.07) is 4.98. The van der Waals surface area contributed by atoms with E-state index in [4.69, 9.17) is 23.2 Å². The Hall–Kier alpha value is -1.52. The van der Waals surface area contributed by atoms with Gasteiger partial charge in [-0.05, 0) is 19.1 Å². The standard InChI is InChI=1S/C13H13Cl2N3O/c1-8-9(7-18(2)17-8)6-16-13(19)10-4-3-5-11(14)12(10)15/h3-5,7H,6H2,1-2H3,(H,16,19). The number of nitrogens with one attached hydrogen (secondary N) is 1. The lowest BCUT2D eigenvalue weighted by Gasteiger charge is -2.07. The Morgan fingerprint density at radius 3 is 2.79 bits per heavy atom. The second kappa shape index (κ2) is 5.63. The average Bonchev–Trinajstić information content (AvgIpc) is 2.68. The molecule has 1 amide bonds. The van der Waals surface area contributed by atoms with Crippen LogP contribution >= 0.6 is 23.2 Å². The third kappa shape index (κ3) is 3.08. The minimum atomic E-state index is -0.254. The van der Waals surface area contributed by atoms with Gasteiger partial charge in [-0.1, -0.05) is 29.3 Å². The van der Waals surface area contributed by atoms with Gasteiger partial charge in [0.1, 0.15) is 0 Å². The van der Waals surface area contributed by atoms with Crippen molar-refractivity contribution in [1.82, 2.24) is 15.1 Å². The fourth-order valence-corrected chi connectivity index (χ4v) is 2.16. The molecule has 0 bridgehead atoms. The topological polar surface area (TPSA) is 46.9 Å². The van der Waals surface area contributed by atoms with Crippen molar-refractivity contribution >= 4 is 29.1 Å². The highest BCUT2D eigenvalue weighted by Gasteiger charge is 2.13. The van der Waals surface area contributed by atoms with E-state index in [2.05, 4.69) is 10.4 Å². The van der Waals surface area contributed by atoms with Gasteiger partial charge in [-0.25, -0.2) is 0 Å². The number of hydrogen-bond acceptors (Lipinski definition) is 2. The van der Waals surface area contributed by atoms with Crippen LogP contribution in [0.15, 0.2) is 24.4 Å². The maximum Gasteiger partial charge on any atom is 0.253 e. The quantitative estimate of drug-likeness (QED) is 0.947. The van der Waals surface area contributed by atoms with E-state index in [1.54, 1.807) is 22.9 Å². The predicted octanol–water partition coefficient (Wildman–Crippen LogP) is 2.97. The molecule has 1 heterocycles. The normalized spacial score (nSPS) is 10.5. The second-order valence-corrected chi connectivity index (χ2v) is 4.98. The van der Waals surface area contributed by atoms with Gasteiger partial charge in [0.25, 0.3) is 5.91 Å². The molecule has 0 saturated carbocycles. The lowest BCUT2D eigenvalue weighted by molar-refractivity contribution is 0.0951. The van der Waals surface area contributed by atoms with Crippen LogP contribution in [0.3, 0.4) is 0 Å². The third-order valence-electron chi connectivity index (χ3n) is 2.75. The predicted molar refractivity (Wildman–Crippen MR) is 75.6 cm³/mol. The van der Waals surface area contributed by atoms with Crippen molar-refractivity contribution < 1.29 is 4.79 Å². The van der Waals surface area contributed by atoms with E-state index in [1.165, 1.54) is 0 Å². The first-order valence-electron chi connectivity index (χ1n) is 5.70. The van der Waals surface area contributed by atoms with Crippen LogP contribution in [0.1, 0.15) is 21.6 Å². The number of benzene rings is 1. The van der Waals surface area contributed by atoms with Crippen LogP contribution in [-0.2, 0) is 13.6 Å². The van der Waals surface area contributed by atoms with Crippen molar-refractivity contribution in [2.45, 2.75) is 13.5 Å². The smallest absolute Gasteiger partial charge is 0.253 e. The number of amides is 1. The average molecular weight is 298 g/mol. The second-order valence-electron chi connectivity index (χ2n) is 4.20. The molecule has 1 N–H and O–H groups in total. The molecule has 2 aromatic rings. The molecule has 0 aliphatic heterocycles. The molecule has 4 nitrogen and oxygen atoms in total. The van der Waals surface area contributed by atoms with E-state index in [0.29, 0.717) is 17.1 Å². The maximum absolute atomic E-state index is 12.0. The van der Waals surface area contributed by atoms with E-state index in [-0.39, 0.29) is 10.9 Å².